The standard InChI is InChI=1S/C18H15BrF2N4O3S/c19-10-6-13-14(8-23-18(13)22-7-10)17(26)12-2-1-3-15(16(12)21)24-29(27,28)25-5-4-11(20)9-25/h1-3,6-8,11,24H,4-5,9H2,(H,22,23)/t11-/m1/s1. The lowest BCUT2D eigenvalue weighted by Gasteiger charge is -2.17. The first-order chi connectivity index (χ1) is 13.8. The minimum absolute atomic E-state index is 0.00789. The molecular formula is C18H15BrF2N4O3S. The number of aromatic amines is 1. The predicted octanol–water partition coefficient (Wildman–Crippen LogP) is 3.40. The molecule has 29 heavy (non-hydrogen) atoms. The summed E-state index contributed by atoms with van der Waals surface area (Å²) in [5, 5.41) is 0.501. The second-order valence-electron chi connectivity index (χ2n) is 6.60. The number of ketones is 1. The Hall–Kier alpha value is -2.37. The molecule has 0 saturated carbocycles. The summed E-state index contributed by atoms with van der Waals surface area (Å²) in [5.41, 5.74) is -0.00989. The molecule has 1 aromatic carbocycles. The number of pyridine rings is 1. The van der Waals surface area contributed by atoms with Gasteiger partial charge in [0.25, 0.3) is 0 Å². The van der Waals surface area contributed by atoms with Crippen molar-refractivity contribution in [3.05, 3.63) is 58.1 Å². The van der Waals surface area contributed by atoms with E-state index in [-0.39, 0.29) is 36.3 Å². The molecule has 3 heterocycles. The summed E-state index contributed by atoms with van der Waals surface area (Å²) in [7, 11) is -4.14. The first kappa shape index (κ1) is 19.9. The Labute approximate surface area is 173 Å². The van der Waals surface area contributed by atoms with Gasteiger partial charge in [-0.1, -0.05) is 6.07 Å². The maximum absolute atomic E-state index is 15.0. The Bertz CT molecular complexity index is 1220. The number of fused-ring (bicyclic) bond motifs is 1. The predicted molar refractivity (Wildman–Crippen MR) is 107 cm³/mol. The first-order valence-electron chi connectivity index (χ1n) is 8.64. The molecule has 1 fully saturated rings. The third-order valence-corrected chi connectivity index (χ3v) is 6.58. The quantitative estimate of drug-likeness (QED) is 0.542. The van der Waals surface area contributed by atoms with Gasteiger partial charge in [-0.05, 0) is 40.5 Å². The smallest absolute Gasteiger partial charge is 0.301 e. The van der Waals surface area contributed by atoms with E-state index in [1.54, 1.807) is 12.3 Å². The van der Waals surface area contributed by atoms with Gasteiger partial charge in [0, 0.05) is 40.9 Å². The minimum atomic E-state index is -4.14. The molecule has 1 aliphatic rings. The van der Waals surface area contributed by atoms with E-state index < -0.39 is 28.0 Å². The van der Waals surface area contributed by atoms with Crippen molar-refractivity contribution in [3.63, 3.8) is 0 Å². The first-order valence-corrected chi connectivity index (χ1v) is 10.9. The fourth-order valence-electron chi connectivity index (χ4n) is 3.21. The zero-order valence-corrected chi connectivity index (χ0v) is 17.2. The van der Waals surface area contributed by atoms with Crippen molar-refractivity contribution >= 4 is 48.6 Å². The number of benzene rings is 1. The lowest BCUT2D eigenvalue weighted by molar-refractivity contribution is 0.103. The number of alkyl halides is 1. The van der Waals surface area contributed by atoms with Crippen LogP contribution in [-0.2, 0) is 10.2 Å². The molecule has 1 aliphatic heterocycles. The van der Waals surface area contributed by atoms with E-state index in [0.717, 1.165) is 4.31 Å². The number of aromatic nitrogens is 2. The van der Waals surface area contributed by atoms with Gasteiger partial charge >= 0.3 is 10.2 Å². The van der Waals surface area contributed by atoms with Crippen LogP contribution < -0.4 is 4.72 Å². The van der Waals surface area contributed by atoms with E-state index >= 15 is 4.39 Å². The molecule has 4 rings (SSSR count). The monoisotopic (exact) mass is 484 g/mol. The number of anilines is 1. The average molecular weight is 485 g/mol. The van der Waals surface area contributed by atoms with Gasteiger partial charge < -0.3 is 4.98 Å². The van der Waals surface area contributed by atoms with Crippen LogP contribution in [0.15, 0.2) is 41.1 Å². The summed E-state index contributed by atoms with van der Waals surface area (Å²) in [4.78, 5) is 19.9. The van der Waals surface area contributed by atoms with E-state index in [4.69, 9.17) is 0 Å². The van der Waals surface area contributed by atoms with Crippen molar-refractivity contribution in [3.8, 4) is 0 Å². The van der Waals surface area contributed by atoms with Gasteiger partial charge in [-0.15, -0.1) is 0 Å². The minimum Gasteiger partial charge on any atom is -0.345 e. The highest BCUT2D eigenvalue weighted by molar-refractivity contribution is 9.10. The molecule has 2 aromatic heterocycles. The fraction of sp³-hybridized carbons (Fsp3) is 0.222. The van der Waals surface area contributed by atoms with Crippen molar-refractivity contribution in [2.75, 3.05) is 17.8 Å². The highest BCUT2D eigenvalue weighted by Crippen LogP contribution is 2.27. The summed E-state index contributed by atoms with van der Waals surface area (Å²) in [6.07, 6.45) is 1.82. The Kier molecular flexibility index (Phi) is 5.13. The number of carbonyl (C=O) groups excluding carboxylic acids is 1. The fourth-order valence-corrected chi connectivity index (χ4v) is 4.81. The zero-order chi connectivity index (χ0) is 20.8. The van der Waals surface area contributed by atoms with Crippen LogP contribution >= 0.6 is 15.9 Å². The number of H-pyrrole nitrogens is 1. The number of carbonyl (C=O) groups is 1. The van der Waals surface area contributed by atoms with Gasteiger partial charge in [-0.2, -0.15) is 12.7 Å². The van der Waals surface area contributed by atoms with Crippen molar-refractivity contribution in [2.45, 2.75) is 12.6 Å². The molecule has 11 heteroatoms. The van der Waals surface area contributed by atoms with E-state index in [9.17, 15) is 17.6 Å². The third-order valence-electron chi connectivity index (χ3n) is 4.66. The molecule has 7 nitrogen and oxygen atoms in total. The van der Waals surface area contributed by atoms with Crippen LogP contribution in [0.4, 0.5) is 14.5 Å². The highest BCUT2D eigenvalue weighted by Gasteiger charge is 2.32. The molecule has 0 bridgehead atoms. The van der Waals surface area contributed by atoms with E-state index in [1.807, 2.05) is 0 Å². The van der Waals surface area contributed by atoms with Crippen LogP contribution in [0.2, 0.25) is 0 Å². The highest BCUT2D eigenvalue weighted by atomic mass is 79.9. The van der Waals surface area contributed by atoms with Crippen LogP contribution in [0.3, 0.4) is 0 Å². The molecular weight excluding hydrogens is 470 g/mol. The molecule has 1 saturated heterocycles. The summed E-state index contributed by atoms with van der Waals surface area (Å²) in [5.74, 6) is -1.63. The summed E-state index contributed by atoms with van der Waals surface area (Å²) >= 11 is 3.28. The number of hydrogen-bond donors (Lipinski definition) is 2. The lowest BCUT2D eigenvalue weighted by atomic mass is 10.0. The average Bonchev–Trinajstić information content (AvgIpc) is 3.29. The Morgan fingerprint density at radius 2 is 2.14 bits per heavy atom. The van der Waals surface area contributed by atoms with Crippen LogP contribution in [-0.4, -0.2) is 47.7 Å². The summed E-state index contributed by atoms with van der Waals surface area (Å²) in [6.45, 7) is -0.277. The molecule has 0 amide bonds. The Morgan fingerprint density at radius 3 is 2.86 bits per heavy atom. The summed E-state index contributed by atoms with van der Waals surface area (Å²) in [6, 6.07) is 5.53. The molecule has 0 unspecified atom stereocenters. The number of nitrogens with one attached hydrogen (secondary N) is 2. The van der Waals surface area contributed by atoms with Crippen LogP contribution in [0.5, 0.6) is 0 Å². The summed E-state index contributed by atoms with van der Waals surface area (Å²) < 4.78 is 56.8. The molecule has 0 radical (unpaired) electrons. The van der Waals surface area contributed by atoms with Crippen LogP contribution in [0, 0.1) is 5.82 Å². The van der Waals surface area contributed by atoms with Gasteiger partial charge in [-0.3, -0.25) is 9.52 Å². The van der Waals surface area contributed by atoms with Gasteiger partial charge in [0.1, 0.15) is 11.8 Å². The maximum atomic E-state index is 15.0. The number of halogens is 3. The topological polar surface area (TPSA) is 95.2 Å². The second-order valence-corrected chi connectivity index (χ2v) is 9.19. The largest absolute Gasteiger partial charge is 0.345 e. The van der Waals surface area contributed by atoms with Crippen molar-refractivity contribution in [2.24, 2.45) is 0 Å². The van der Waals surface area contributed by atoms with Crippen LogP contribution in [0.25, 0.3) is 11.0 Å². The third kappa shape index (κ3) is 3.77. The van der Waals surface area contributed by atoms with Gasteiger partial charge in [0.15, 0.2) is 11.6 Å². The lowest BCUT2D eigenvalue weighted by Crippen LogP contribution is -2.34. The molecule has 0 spiro atoms. The number of nitrogens with zero attached hydrogens (tertiary/aromatic N) is 2. The second kappa shape index (κ2) is 7.47. The molecule has 152 valence electrons. The molecule has 0 aliphatic carbocycles. The van der Waals surface area contributed by atoms with Gasteiger partial charge in [0.05, 0.1) is 11.3 Å². The molecule has 2 N–H and O–H groups in total. The molecule has 3 aromatic rings. The van der Waals surface area contributed by atoms with Gasteiger partial charge in [-0.25, -0.2) is 13.8 Å². The van der Waals surface area contributed by atoms with E-state index in [1.165, 1.54) is 24.4 Å². The van der Waals surface area contributed by atoms with Crippen molar-refractivity contribution < 1.29 is 22.0 Å². The van der Waals surface area contributed by atoms with Crippen molar-refractivity contribution in [1.29, 1.82) is 0 Å². The number of hydrogen-bond acceptors (Lipinski definition) is 4. The normalized spacial score (nSPS) is 17.7. The van der Waals surface area contributed by atoms with E-state index in [2.05, 4.69) is 30.6 Å². The zero-order valence-electron chi connectivity index (χ0n) is 14.8. The van der Waals surface area contributed by atoms with Crippen LogP contribution in [0.1, 0.15) is 22.3 Å². The van der Waals surface area contributed by atoms with Crippen molar-refractivity contribution in [1.82, 2.24) is 14.3 Å². The Balaban J connectivity index is 1.67. The Morgan fingerprint density at radius 1 is 1.34 bits per heavy atom. The number of rotatable bonds is 5. The SMILES string of the molecule is O=C(c1cccc(NS(=O)(=O)N2CC[C@@H](F)C2)c1F)c1c[nH]c2ncc(Br)cc12. The van der Waals surface area contributed by atoms with E-state index in [0.29, 0.717) is 15.5 Å². The van der Waals surface area contributed by atoms with Gasteiger partial charge in [0.2, 0.25) is 0 Å². The maximum Gasteiger partial charge on any atom is 0.301 e. The molecule has 1 atom stereocenters.